The molecule has 0 unspecified atom stereocenters. The van der Waals surface area contributed by atoms with Crippen LogP contribution in [0.3, 0.4) is 0 Å². The second kappa shape index (κ2) is 5.70. The van der Waals surface area contributed by atoms with Gasteiger partial charge >= 0.3 is 0 Å². The predicted molar refractivity (Wildman–Crippen MR) is 79.9 cm³/mol. The van der Waals surface area contributed by atoms with Gasteiger partial charge in [-0.2, -0.15) is 0 Å². The van der Waals surface area contributed by atoms with E-state index in [-0.39, 0.29) is 0 Å². The van der Waals surface area contributed by atoms with Gasteiger partial charge in [-0.1, -0.05) is 30.3 Å². The lowest BCUT2D eigenvalue weighted by Gasteiger charge is -2.04. The number of aromatic nitrogens is 2. The molecule has 0 aliphatic heterocycles. The van der Waals surface area contributed by atoms with Crippen molar-refractivity contribution in [3.05, 3.63) is 66.0 Å². The number of rotatable bonds is 5. The van der Waals surface area contributed by atoms with Crippen LogP contribution in [0.15, 0.2) is 54.9 Å². The normalized spacial score (nSPS) is 10.8. The summed E-state index contributed by atoms with van der Waals surface area (Å²) in [5, 5.41) is 0.933. The fourth-order valence-corrected chi connectivity index (χ4v) is 2.51. The maximum Gasteiger partial charge on any atom is 0.152 e. The quantitative estimate of drug-likeness (QED) is 0.661. The summed E-state index contributed by atoms with van der Waals surface area (Å²) >= 11 is 0. The second-order valence-corrected chi connectivity index (χ2v) is 4.86. The molecule has 3 nitrogen and oxygen atoms in total. The summed E-state index contributed by atoms with van der Waals surface area (Å²) in [6, 6.07) is 14.2. The number of hydrogen-bond donors (Lipinski definition) is 0. The number of nitrogens with zero attached hydrogens (tertiary/aromatic N) is 2. The lowest BCUT2D eigenvalue weighted by molar-refractivity contribution is 0.112. The molecule has 0 spiro atoms. The SMILES string of the molecule is O=Cc1cn(CCCc2ccccc2)c2ncccc12. The van der Waals surface area contributed by atoms with Crippen LogP contribution in [0, 0.1) is 0 Å². The third kappa shape index (κ3) is 2.48. The summed E-state index contributed by atoms with van der Waals surface area (Å²) in [5.41, 5.74) is 2.95. The van der Waals surface area contributed by atoms with Crippen LogP contribution in [0.2, 0.25) is 0 Å². The van der Waals surface area contributed by atoms with E-state index >= 15 is 0 Å². The Morgan fingerprint density at radius 2 is 1.95 bits per heavy atom. The molecular weight excluding hydrogens is 248 g/mol. The maximum atomic E-state index is 11.1. The molecule has 0 atom stereocenters. The molecule has 0 saturated carbocycles. The summed E-state index contributed by atoms with van der Waals surface area (Å²) in [4.78, 5) is 15.5. The zero-order chi connectivity index (χ0) is 13.8. The highest BCUT2D eigenvalue weighted by molar-refractivity contribution is 5.95. The average molecular weight is 264 g/mol. The highest BCUT2D eigenvalue weighted by atomic mass is 16.1. The lowest BCUT2D eigenvalue weighted by atomic mass is 10.1. The van der Waals surface area contributed by atoms with E-state index in [2.05, 4.69) is 33.8 Å². The topological polar surface area (TPSA) is 34.9 Å². The van der Waals surface area contributed by atoms with Gasteiger partial charge in [-0.05, 0) is 30.5 Å². The van der Waals surface area contributed by atoms with Gasteiger partial charge < -0.3 is 4.57 Å². The van der Waals surface area contributed by atoms with E-state index in [1.807, 2.05) is 24.4 Å². The molecular formula is C17H16N2O. The molecule has 0 aliphatic rings. The fourth-order valence-electron chi connectivity index (χ4n) is 2.51. The zero-order valence-electron chi connectivity index (χ0n) is 11.2. The van der Waals surface area contributed by atoms with E-state index in [4.69, 9.17) is 0 Å². The van der Waals surface area contributed by atoms with Crippen LogP contribution in [0.1, 0.15) is 22.3 Å². The van der Waals surface area contributed by atoms with Crippen molar-refractivity contribution in [1.82, 2.24) is 9.55 Å². The number of hydrogen-bond acceptors (Lipinski definition) is 2. The smallest absolute Gasteiger partial charge is 0.152 e. The van der Waals surface area contributed by atoms with Crippen LogP contribution in [-0.4, -0.2) is 15.8 Å². The minimum atomic E-state index is 0.716. The average Bonchev–Trinajstić information content (AvgIpc) is 2.87. The number of fused-ring (bicyclic) bond motifs is 1. The molecule has 0 saturated heterocycles. The molecule has 0 radical (unpaired) electrons. The van der Waals surface area contributed by atoms with E-state index in [1.165, 1.54) is 5.56 Å². The van der Waals surface area contributed by atoms with Crippen molar-refractivity contribution in [2.24, 2.45) is 0 Å². The highest BCUT2D eigenvalue weighted by Crippen LogP contribution is 2.18. The van der Waals surface area contributed by atoms with Crippen LogP contribution in [0.4, 0.5) is 0 Å². The summed E-state index contributed by atoms with van der Waals surface area (Å²) in [6.07, 6.45) is 6.63. The second-order valence-electron chi connectivity index (χ2n) is 4.86. The number of pyridine rings is 1. The Morgan fingerprint density at radius 1 is 1.10 bits per heavy atom. The lowest BCUT2D eigenvalue weighted by Crippen LogP contribution is -1.99. The molecule has 2 aromatic heterocycles. The van der Waals surface area contributed by atoms with Crippen LogP contribution in [0.5, 0.6) is 0 Å². The van der Waals surface area contributed by atoms with E-state index in [9.17, 15) is 4.79 Å². The minimum Gasteiger partial charge on any atom is -0.332 e. The van der Waals surface area contributed by atoms with Crippen LogP contribution in [0.25, 0.3) is 11.0 Å². The molecule has 0 amide bonds. The summed E-state index contributed by atoms with van der Waals surface area (Å²) in [6.45, 7) is 0.871. The van der Waals surface area contributed by atoms with Gasteiger partial charge in [0.2, 0.25) is 0 Å². The van der Waals surface area contributed by atoms with Gasteiger partial charge in [0.05, 0.1) is 0 Å². The van der Waals surface area contributed by atoms with E-state index < -0.39 is 0 Å². The Balaban J connectivity index is 1.76. The zero-order valence-corrected chi connectivity index (χ0v) is 11.2. The van der Waals surface area contributed by atoms with Gasteiger partial charge in [-0.3, -0.25) is 4.79 Å². The molecule has 20 heavy (non-hydrogen) atoms. The molecule has 0 aliphatic carbocycles. The summed E-state index contributed by atoms with van der Waals surface area (Å²) in [7, 11) is 0. The first kappa shape index (κ1) is 12.6. The Kier molecular flexibility index (Phi) is 3.59. The summed E-state index contributed by atoms with van der Waals surface area (Å²) in [5.74, 6) is 0. The standard InChI is InChI=1S/C17H16N2O/c20-13-15-12-19(17-16(15)9-4-10-18-17)11-5-8-14-6-2-1-3-7-14/h1-4,6-7,9-10,12-13H,5,8,11H2. The maximum absolute atomic E-state index is 11.1. The number of carbonyl (C=O) groups is 1. The first-order valence-corrected chi connectivity index (χ1v) is 6.81. The van der Waals surface area contributed by atoms with E-state index in [0.717, 1.165) is 36.7 Å². The third-order valence-corrected chi connectivity index (χ3v) is 3.50. The number of aldehydes is 1. The van der Waals surface area contributed by atoms with Crippen molar-refractivity contribution in [2.75, 3.05) is 0 Å². The first-order valence-electron chi connectivity index (χ1n) is 6.81. The van der Waals surface area contributed by atoms with E-state index in [1.54, 1.807) is 6.20 Å². The van der Waals surface area contributed by atoms with Gasteiger partial charge in [0.25, 0.3) is 0 Å². The molecule has 0 N–H and O–H groups in total. The van der Waals surface area contributed by atoms with Gasteiger partial charge in [0, 0.05) is 29.9 Å². The Hall–Kier alpha value is -2.42. The van der Waals surface area contributed by atoms with Gasteiger partial charge in [0.15, 0.2) is 6.29 Å². The third-order valence-electron chi connectivity index (χ3n) is 3.50. The van der Waals surface area contributed by atoms with Crippen LogP contribution >= 0.6 is 0 Å². The number of benzene rings is 1. The molecule has 3 rings (SSSR count). The first-order chi connectivity index (χ1) is 9.88. The van der Waals surface area contributed by atoms with Gasteiger partial charge in [-0.15, -0.1) is 0 Å². The Morgan fingerprint density at radius 3 is 2.75 bits per heavy atom. The van der Waals surface area contributed by atoms with Crippen molar-refractivity contribution in [3.8, 4) is 0 Å². The molecule has 100 valence electrons. The Bertz CT molecular complexity index is 716. The molecule has 3 heteroatoms. The van der Waals surface area contributed by atoms with Crippen molar-refractivity contribution >= 4 is 17.3 Å². The molecule has 2 heterocycles. The fraction of sp³-hybridized carbons (Fsp3) is 0.176. The monoisotopic (exact) mass is 264 g/mol. The van der Waals surface area contributed by atoms with Crippen molar-refractivity contribution in [3.63, 3.8) is 0 Å². The van der Waals surface area contributed by atoms with Gasteiger partial charge in [-0.25, -0.2) is 4.98 Å². The van der Waals surface area contributed by atoms with Crippen molar-refractivity contribution in [1.29, 1.82) is 0 Å². The number of aryl methyl sites for hydroxylation is 2. The van der Waals surface area contributed by atoms with Crippen LogP contribution < -0.4 is 0 Å². The predicted octanol–water partition coefficient (Wildman–Crippen LogP) is 3.48. The Labute approximate surface area is 117 Å². The highest BCUT2D eigenvalue weighted by Gasteiger charge is 2.07. The van der Waals surface area contributed by atoms with E-state index in [0.29, 0.717) is 5.56 Å². The largest absolute Gasteiger partial charge is 0.332 e. The van der Waals surface area contributed by atoms with Crippen LogP contribution in [-0.2, 0) is 13.0 Å². The van der Waals surface area contributed by atoms with Gasteiger partial charge in [0.1, 0.15) is 5.65 Å². The number of carbonyl (C=O) groups excluding carboxylic acids is 1. The molecule has 0 fully saturated rings. The molecule has 3 aromatic rings. The molecule has 0 bridgehead atoms. The minimum absolute atomic E-state index is 0.716. The molecule has 1 aromatic carbocycles. The van der Waals surface area contributed by atoms with Crippen molar-refractivity contribution in [2.45, 2.75) is 19.4 Å². The summed E-state index contributed by atoms with van der Waals surface area (Å²) < 4.78 is 2.07. The van der Waals surface area contributed by atoms with Crippen molar-refractivity contribution < 1.29 is 4.79 Å².